The molecule has 0 radical (unpaired) electrons. The molecular formula is C21H26N2O2. The van der Waals surface area contributed by atoms with Crippen LogP contribution in [-0.2, 0) is 0 Å². The van der Waals surface area contributed by atoms with Crippen LogP contribution in [0.2, 0.25) is 0 Å². The molecule has 0 aliphatic carbocycles. The number of para-hydroxylation sites is 1. The summed E-state index contributed by atoms with van der Waals surface area (Å²) in [6.07, 6.45) is 3.22. The van der Waals surface area contributed by atoms with Crippen LogP contribution in [0.1, 0.15) is 29.6 Å². The Morgan fingerprint density at radius 1 is 1.00 bits per heavy atom. The highest BCUT2D eigenvalue weighted by Gasteiger charge is 2.22. The van der Waals surface area contributed by atoms with Gasteiger partial charge in [-0.2, -0.15) is 0 Å². The van der Waals surface area contributed by atoms with E-state index in [1.54, 1.807) is 0 Å². The Bertz CT molecular complexity index is 700. The van der Waals surface area contributed by atoms with Crippen LogP contribution >= 0.6 is 0 Å². The molecule has 1 fully saturated rings. The SMILES string of the molecule is CN(C)[C@H]1CCCN(C(=O)c2cccc(Oc3ccccc3)c2)CC1. The van der Waals surface area contributed by atoms with Crippen molar-refractivity contribution in [3.8, 4) is 11.5 Å². The highest BCUT2D eigenvalue weighted by molar-refractivity contribution is 5.94. The van der Waals surface area contributed by atoms with Gasteiger partial charge < -0.3 is 14.5 Å². The molecule has 0 aromatic heterocycles. The van der Waals surface area contributed by atoms with E-state index < -0.39 is 0 Å². The monoisotopic (exact) mass is 338 g/mol. The highest BCUT2D eigenvalue weighted by Crippen LogP contribution is 2.23. The summed E-state index contributed by atoms with van der Waals surface area (Å²) in [5.74, 6) is 1.56. The number of ether oxygens (including phenoxy) is 1. The van der Waals surface area contributed by atoms with E-state index >= 15 is 0 Å². The summed E-state index contributed by atoms with van der Waals surface area (Å²) in [6.45, 7) is 1.64. The molecule has 1 heterocycles. The van der Waals surface area contributed by atoms with Gasteiger partial charge in [-0.25, -0.2) is 0 Å². The van der Waals surface area contributed by atoms with Gasteiger partial charge in [0.1, 0.15) is 11.5 Å². The van der Waals surface area contributed by atoms with Gasteiger partial charge >= 0.3 is 0 Å². The lowest BCUT2D eigenvalue weighted by Crippen LogP contribution is -2.33. The van der Waals surface area contributed by atoms with Gasteiger partial charge in [0.15, 0.2) is 0 Å². The molecule has 25 heavy (non-hydrogen) atoms. The highest BCUT2D eigenvalue weighted by atomic mass is 16.5. The molecule has 4 nitrogen and oxygen atoms in total. The van der Waals surface area contributed by atoms with Crippen LogP contribution in [0.3, 0.4) is 0 Å². The summed E-state index contributed by atoms with van der Waals surface area (Å²) in [4.78, 5) is 17.1. The molecule has 0 bridgehead atoms. The first-order valence-electron chi connectivity index (χ1n) is 8.92. The maximum Gasteiger partial charge on any atom is 0.253 e. The first kappa shape index (κ1) is 17.5. The molecule has 132 valence electrons. The maximum atomic E-state index is 12.9. The quantitative estimate of drug-likeness (QED) is 0.843. The van der Waals surface area contributed by atoms with Crippen molar-refractivity contribution in [1.82, 2.24) is 9.80 Å². The molecule has 1 amide bonds. The number of benzene rings is 2. The molecule has 4 heteroatoms. The van der Waals surface area contributed by atoms with E-state index in [0.29, 0.717) is 17.4 Å². The van der Waals surface area contributed by atoms with Crippen LogP contribution in [0.15, 0.2) is 54.6 Å². The summed E-state index contributed by atoms with van der Waals surface area (Å²) in [6, 6.07) is 17.7. The van der Waals surface area contributed by atoms with Gasteiger partial charge in [-0.1, -0.05) is 24.3 Å². The second kappa shape index (κ2) is 8.17. The Hall–Kier alpha value is -2.33. The number of rotatable bonds is 4. The van der Waals surface area contributed by atoms with Crippen molar-refractivity contribution in [3.63, 3.8) is 0 Å². The number of likely N-dealkylation sites (tertiary alicyclic amines) is 1. The Labute approximate surface area is 150 Å². The van der Waals surface area contributed by atoms with Crippen LogP contribution in [0, 0.1) is 0 Å². The largest absolute Gasteiger partial charge is 0.457 e. The lowest BCUT2D eigenvalue weighted by atomic mass is 10.1. The van der Waals surface area contributed by atoms with E-state index in [1.807, 2.05) is 59.5 Å². The normalized spacial score (nSPS) is 18.0. The predicted octanol–water partition coefficient (Wildman–Crippen LogP) is 4.04. The number of carbonyl (C=O) groups excluding carboxylic acids is 1. The van der Waals surface area contributed by atoms with Crippen molar-refractivity contribution in [2.75, 3.05) is 27.2 Å². The molecule has 3 rings (SSSR count). The van der Waals surface area contributed by atoms with Crippen LogP contribution in [0.5, 0.6) is 11.5 Å². The first-order chi connectivity index (χ1) is 12.1. The molecule has 2 aromatic rings. The first-order valence-corrected chi connectivity index (χ1v) is 8.92. The fraction of sp³-hybridized carbons (Fsp3) is 0.381. The zero-order chi connectivity index (χ0) is 17.6. The number of nitrogens with zero attached hydrogens (tertiary/aromatic N) is 2. The van der Waals surface area contributed by atoms with Crippen molar-refractivity contribution in [1.29, 1.82) is 0 Å². The van der Waals surface area contributed by atoms with Crippen LogP contribution in [0.4, 0.5) is 0 Å². The minimum absolute atomic E-state index is 0.0953. The van der Waals surface area contributed by atoms with Crippen molar-refractivity contribution < 1.29 is 9.53 Å². The van der Waals surface area contributed by atoms with Gasteiger partial charge in [-0.15, -0.1) is 0 Å². The third kappa shape index (κ3) is 4.60. The Kier molecular flexibility index (Phi) is 5.71. The van der Waals surface area contributed by atoms with E-state index in [0.717, 1.165) is 38.1 Å². The minimum Gasteiger partial charge on any atom is -0.457 e. The van der Waals surface area contributed by atoms with Gasteiger partial charge in [-0.3, -0.25) is 4.79 Å². The van der Waals surface area contributed by atoms with Gasteiger partial charge in [0.25, 0.3) is 5.91 Å². The molecule has 0 saturated carbocycles. The van der Waals surface area contributed by atoms with E-state index in [4.69, 9.17) is 4.74 Å². The zero-order valence-corrected chi connectivity index (χ0v) is 15.0. The third-order valence-electron chi connectivity index (χ3n) is 4.78. The van der Waals surface area contributed by atoms with E-state index in [1.165, 1.54) is 0 Å². The van der Waals surface area contributed by atoms with Gasteiger partial charge in [0, 0.05) is 24.7 Å². The Morgan fingerprint density at radius 3 is 2.52 bits per heavy atom. The number of hydrogen-bond donors (Lipinski definition) is 0. The van der Waals surface area contributed by atoms with Gasteiger partial charge in [-0.05, 0) is 63.7 Å². The fourth-order valence-corrected chi connectivity index (χ4v) is 3.30. The summed E-state index contributed by atoms with van der Waals surface area (Å²) in [5.41, 5.74) is 0.691. The van der Waals surface area contributed by atoms with Crippen molar-refractivity contribution in [2.24, 2.45) is 0 Å². The molecule has 1 atom stereocenters. The molecule has 2 aromatic carbocycles. The minimum atomic E-state index is 0.0953. The Balaban J connectivity index is 1.69. The standard InChI is InChI=1S/C21H26N2O2/c1-22(2)18-9-7-14-23(15-13-18)21(24)17-8-6-12-20(16-17)25-19-10-4-3-5-11-19/h3-6,8,10-12,16,18H,7,9,13-15H2,1-2H3/t18-/m0/s1. The van der Waals surface area contributed by atoms with Crippen LogP contribution < -0.4 is 4.74 Å². The average molecular weight is 338 g/mol. The summed E-state index contributed by atoms with van der Waals surface area (Å²) in [7, 11) is 4.24. The maximum absolute atomic E-state index is 12.9. The zero-order valence-electron chi connectivity index (χ0n) is 15.0. The smallest absolute Gasteiger partial charge is 0.253 e. The van der Waals surface area contributed by atoms with Crippen LogP contribution in [-0.4, -0.2) is 48.9 Å². The average Bonchev–Trinajstić information content (AvgIpc) is 2.88. The predicted molar refractivity (Wildman–Crippen MR) is 100 cm³/mol. The molecule has 0 unspecified atom stereocenters. The fourth-order valence-electron chi connectivity index (χ4n) is 3.30. The van der Waals surface area contributed by atoms with Crippen LogP contribution in [0.25, 0.3) is 0 Å². The van der Waals surface area contributed by atoms with Crippen molar-refractivity contribution in [3.05, 3.63) is 60.2 Å². The molecule has 1 saturated heterocycles. The summed E-state index contributed by atoms with van der Waals surface area (Å²) >= 11 is 0. The number of amides is 1. The second-order valence-corrected chi connectivity index (χ2v) is 6.78. The molecule has 0 N–H and O–H groups in total. The molecule has 1 aliphatic heterocycles. The van der Waals surface area contributed by atoms with Crippen molar-refractivity contribution in [2.45, 2.75) is 25.3 Å². The van der Waals surface area contributed by atoms with E-state index in [9.17, 15) is 4.79 Å². The third-order valence-corrected chi connectivity index (χ3v) is 4.78. The van der Waals surface area contributed by atoms with Crippen molar-refractivity contribution >= 4 is 5.91 Å². The molecule has 0 spiro atoms. The number of carbonyl (C=O) groups is 1. The lowest BCUT2D eigenvalue weighted by molar-refractivity contribution is 0.0758. The lowest BCUT2D eigenvalue weighted by Gasteiger charge is -2.23. The molecule has 1 aliphatic rings. The van der Waals surface area contributed by atoms with E-state index in [-0.39, 0.29) is 5.91 Å². The van der Waals surface area contributed by atoms with E-state index in [2.05, 4.69) is 19.0 Å². The summed E-state index contributed by atoms with van der Waals surface area (Å²) < 4.78 is 5.85. The Morgan fingerprint density at radius 2 is 1.76 bits per heavy atom. The number of hydrogen-bond acceptors (Lipinski definition) is 3. The second-order valence-electron chi connectivity index (χ2n) is 6.78. The molecular weight excluding hydrogens is 312 g/mol. The van der Waals surface area contributed by atoms with Gasteiger partial charge in [0.2, 0.25) is 0 Å². The summed E-state index contributed by atoms with van der Waals surface area (Å²) in [5, 5.41) is 0. The van der Waals surface area contributed by atoms with Gasteiger partial charge in [0.05, 0.1) is 0 Å². The topological polar surface area (TPSA) is 32.8 Å².